The van der Waals surface area contributed by atoms with E-state index in [2.05, 4.69) is 10.3 Å². The number of aliphatic carboxylic acids is 1. The van der Waals surface area contributed by atoms with Crippen LogP contribution in [0.1, 0.15) is 28.9 Å². The van der Waals surface area contributed by atoms with E-state index in [1.165, 1.54) is 23.7 Å². The molecule has 20 heavy (non-hydrogen) atoms. The number of amides is 1. The van der Waals surface area contributed by atoms with Crippen molar-refractivity contribution < 1.29 is 19.1 Å². The highest BCUT2D eigenvalue weighted by molar-refractivity contribution is 7.14. The first kappa shape index (κ1) is 14.5. The Morgan fingerprint density at radius 2 is 2.30 bits per heavy atom. The molecule has 0 saturated heterocycles. The van der Waals surface area contributed by atoms with Gasteiger partial charge in [-0.05, 0) is 30.5 Å². The summed E-state index contributed by atoms with van der Waals surface area (Å²) in [4.78, 5) is 26.5. The van der Waals surface area contributed by atoms with Gasteiger partial charge < -0.3 is 9.52 Å². The Kier molecular flexibility index (Phi) is 4.75. The number of thiazole rings is 1. The van der Waals surface area contributed by atoms with Crippen LogP contribution in [0.25, 0.3) is 0 Å². The van der Waals surface area contributed by atoms with Crippen molar-refractivity contribution in [1.82, 2.24) is 4.98 Å². The van der Waals surface area contributed by atoms with Crippen molar-refractivity contribution in [2.45, 2.75) is 19.3 Å². The molecule has 0 radical (unpaired) electrons. The molecule has 2 aromatic rings. The number of halogens is 1. The summed E-state index contributed by atoms with van der Waals surface area (Å²) in [6.45, 7) is 0. The molecule has 0 aliphatic rings. The molecular formula is C12H11ClN2O4S. The predicted octanol–water partition coefficient (Wildman–Crippen LogP) is 3.05. The van der Waals surface area contributed by atoms with Crippen LogP contribution in [-0.2, 0) is 11.2 Å². The van der Waals surface area contributed by atoms with Gasteiger partial charge in [0.2, 0.25) is 5.22 Å². The zero-order valence-corrected chi connectivity index (χ0v) is 11.8. The second-order valence-corrected chi connectivity index (χ2v) is 5.15. The summed E-state index contributed by atoms with van der Waals surface area (Å²) in [5.74, 6) is -1.22. The Morgan fingerprint density at radius 3 is 2.95 bits per heavy atom. The predicted molar refractivity (Wildman–Crippen MR) is 74.4 cm³/mol. The molecular weight excluding hydrogens is 304 g/mol. The number of anilines is 1. The molecule has 2 heterocycles. The first-order valence-electron chi connectivity index (χ1n) is 5.77. The average molecular weight is 315 g/mol. The van der Waals surface area contributed by atoms with Crippen molar-refractivity contribution in [2.75, 3.05) is 5.32 Å². The molecule has 0 bridgehead atoms. The van der Waals surface area contributed by atoms with Crippen molar-refractivity contribution in [1.29, 1.82) is 0 Å². The van der Waals surface area contributed by atoms with Gasteiger partial charge in [-0.2, -0.15) is 0 Å². The summed E-state index contributed by atoms with van der Waals surface area (Å²) in [6, 6.07) is 1.47. The minimum absolute atomic E-state index is 0.0285. The van der Waals surface area contributed by atoms with Gasteiger partial charge in [0.25, 0.3) is 5.91 Å². The summed E-state index contributed by atoms with van der Waals surface area (Å²) in [7, 11) is 0. The smallest absolute Gasteiger partial charge is 0.303 e. The van der Waals surface area contributed by atoms with E-state index < -0.39 is 11.9 Å². The lowest BCUT2D eigenvalue weighted by molar-refractivity contribution is -0.137. The minimum atomic E-state index is -0.830. The molecule has 106 valence electrons. The molecule has 8 heteroatoms. The number of aromatic nitrogens is 1. The van der Waals surface area contributed by atoms with E-state index in [-0.39, 0.29) is 17.2 Å². The van der Waals surface area contributed by atoms with Gasteiger partial charge in [-0.1, -0.05) is 0 Å². The summed E-state index contributed by atoms with van der Waals surface area (Å²) in [5, 5.41) is 13.4. The van der Waals surface area contributed by atoms with E-state index in [1.807, 2.05) is 0 Å². The van der Waals surface area contributed by atoms with Crippen molar-refractivity contribution >= 4 is 39.9 Å². The van der Waals surface area contributed by atoms with Gasteiger partial charge in [-0.15, -0.1) is 11.3 Å². The molecule has 0 fully saturated rings. The zero-order chi connectivity index (χ0) is 14.5. The van der Waals surface area contributed by atoms with Crippen LogP contribution in [0.2, 0.25) is 5.22 Å². The second kappa shape index (κ2) is 6.53. The minimum Gasteiger partial charge on any atom is -0.481 e. The molecule has 0 saturated carbocycles. The van der Waals surface area contributed by atoms with Crippen LogP contribution in [0.3, 0.4) is 0 Å². The van der Waals surface area contributed by atoms with Crippen LogP contribution in [0.15, 0.2) is 22.1 Å². The number of nitrogens with one attached hydrogen (secondary N) is 1. The maximum absolute atomic E-state index is 11.8. The lowest BCUT2D eigenvalue weighted by atomic mass is 10.2. The Balaban J connectivity index is 1.91. The fourth-order valence-electron chi connectivity index (χ4n) is 1.52. The Hall–Kier alpha value is -1.86. The van der Waals surface area contributed by atoms with Gasteiger partial charge >= 0.3 is 5.97 Å². The van der Waals surface area contributed by atoms with Crippen LogP contribution in [-0.4, -0.2) is 22.0 Å². The number of carboxylic acids is 1. The monoisotopic (exact) mass is 314 g/mol. The third kappa shape index (κ3) is 3.82. The number of carbonyl (C=O) groups is 2. The Bertz CT molecular complexity index is 623. The lowest BCUT2D eigenvalue weighted by Crippen LogP contribution is -2.11. The maximum atomic E-state index is 11.8. The zero-order valence-electron chi connectivity index (χ0n) is 10.3. The highest BCUT2D eigenvalue weighted by Crippen LogP contribution is 2.21. The van der Waals surface area contributed by atoms with E-state index >= 15 is 0 Å². The molecule has 2 aromatic heterocycles. The number of furan rings is 1. The number of rotatable bonds is 6. The van der Waals surface area contributed by atoms with Crippen molar-refractivity contribution in [3.8, 4) is 0 Å². The third-order valence-electron chi connectivity index (χ3n) is 2.46. The van der Waals surface area contributed by atoms with Crippen LogP contribution < -0.4 is 5.32 Å². The van der Waals surface area contributed by atoms with Gasteiger partial charge in [0.15, 0.2) is 5.13 Å². The molecule has 0 atom stereocenters. The largest absolute Gasteiger partial charge is 0.481 e. The molecule has 2 rings (SSSR count). The maximum Gasteiger partial charge on any atom is 0.303 e. The summed E-state index contributed by atoms with van der Waals surface area (Å²) < 4.78 is 4.84. The quantitative estimate of drug-likeness (QED) is 0.855. The normalized spacial score (nSPS) is 10.4. The van der Waals surface area contributed by atoms with Crippen LogP contribution in [0, 0.1) is 0 Å². The highest BCUT2D eigenvalue weighted by Gasteiger charge is 2.14. The van der Waals surface area contributed by atoms with E-state index in [9.17, 15) is 9.59 Å². The van der Waals surface area contributed by atoms with Gasteiger partial charge in [0, 0.05) is 11.8 Å². The number of carbonyl (C=O) groups excluding carboxylic acids is 1. The molecule has 6 nitrogen and oxygen atoms in total. The topological polar surface area (TPSA) is 92.4 Å². The lowest BCUT2D eigenvalue weighted by Gasteiger charge is -1.98. The van der Waals surface area contributed by atoms with Crippen LogP contribution in [0.4, 0.5) is 5.13 Å². The number of carboxylic acid groups (broad SMARTS) is 1. The SMILES string of the molecule is O=C(O)CCCc1csc(NC(=O)c2ccoc2Cl)n1. The first-order valence-corrected chi connectivity index (χ1v) is 7.02. The molecule has 2 N–H and O–H groups in total. The summed E-state index contributed by atoms with van der Waals surface area (Å²) in [5.41, 5.74) is 0.999. The summed E-state index contributed by atoms with van der Waals surface area (Å²) >= 11 is 6.98. The fraction of sp³-hybridized carbons (Fsp3) is 0.250. The molecule has 0 spiro atoms. The van der Waals surface area contributed by atoms with E-state index in [0.29, 0.717) is 18.0 Å². The van der Waals surface area contributed by atoms with E-state index in [4.69, 9.17) is 21.1 Å². The van der Waals surface area contributed by atoms with E-state index in [1.54, 1.807) is 5.38 Å². The van der Waals surface area contributed by atoms with Gasteiger partial charge in [0.05, 0.1) is 17.5 Å². The third-order valence-corrected chi connectivity index (χ3v) is 3.56. The number of hydrogen-bond donors (Lipinski definition) is 2. The number of nitrogens with zero attached hydrogens (tertiary/aromatic N) is 1. The van der Waals surface area contributed by atoms with Crippen molar-refractivity contribution in [3.63, 3.8) is 0 Å². The van der Waals surface area contributed by atoms with Gasteiger partial charge in [0.1, 0.15) is 0 Å². The highest BCUT2D eigenvalue weighted by atomic mass is 35.5. The molecule has 1 amide bonds. The molecule has 0 unspecified atom stereocenters. The molecule has 0 aliphatic carbocycles. The first-order chi connectivity index (χ1) is 9.56. The average Bonchev–Trinajstić information content (AvgIpc) is 2.98. The van der Waals surface area contributed by atoms with Gasteiger partial charge in [-0.25, -0.2) is 4.98 Å². The van der Waals surface area contributed by atoms with Crippen LogP contribution >= 0.6 is 22.9 Å². The molecule has 0 aromatic carbocycles. The van der Waals surface area contributed by atoms with Crippen LogP contribution in [0.5, 0.6) is 0 Å². The standard InChI is InChI=1S/C12H11ClN2O4S/c13-10-8(4-5-19-10)11(18)15-12-14-7(6-20-12)2-1-3-9(16)17/h4-6H,1-3H2,(H,16,17)(H,14,15,18). The number of hydrogen-bond acceptors (Lipinski definition) is 5. The Morgan fingerprint density at radius 1 is 1.50 bits per heavy atom. The fourth-order valence-corrected chi connectivity index (χ4v) is 2.46. The van der Waals surface area contributed by atoms with Crippen molar-refractivity contribution in [3.05, 3.63) is 34.2 Å². The number of aryl methyl sites for hydroxylation is 1. The molecule has 0 aliphatic heterocycles. The van der Waals surface area contributed by atoms with Gasteiger partial charge in [-0.3, -0.25) is 14.9 Å². The second-order valence-electron chi connectivity index (χ2n) is 3.95. The Labute approximate surface area is 123 Å². The van der Waals surface area contributed by atoms with E-state index in [0.717, 1.165) is 5.69 Å². The summed E-state index contributed by atoms with van der Waals surface area (Å²) in [6.07, 6.45) is 2.51. The van der Waals surface area contributed by atoms with Crippen molar-refractivity contribution in [2.24, 2.45) is 0 Å².